The lowest BCUT2D eigenvalue weighted by molar-refractivity contribution is 0.587. The molecule has 0 saturated heterocycles. The van der Waals surface area contributed by atoms with E-state index in [1.54, 1.807) is 0 Å². The van der Waals surface area contributed by atoms with Crippen molar-refractivity contribution in [2.24, 2.45) is 0 Å². The number of nitrogens with two attached hydrogens (primary N) is 1. The van der Waals surface area contributed by atoms with Crippen molar-refractivity contribution in [3.05, 3.63) is 35.9 Å². The van der Waals surface area contributed by atoms with Gasteiger partial charge in [-0.1, -0.05) is 17.7 Å². The molecule has 1 aromatic rings. The summed E-state index contributed by atoms with van der Waals surface area (Å²) >= 11 is 1.49. The van der Waals surface area contributed by atoms with Crippen LogP contribution in [-0.2, 0) is 10.0 Å². The number of anilines is 1. The van der Waals surface area contributed by atoms with Crippen LogP contribution in [0.1, 0.15) is 13.8 Å². The van der Waals surface area contributed by atoms with E-state index in [4.69, 9.17) is 5.73 Å². The van der Waals surface area contributed by atoms with Gasteiger partial charge >= 0.3 is 0 Å². The van der Waals surface area contributed by atoms with Gasteiger partial charge in [0.2, 0.25) is 10.0 Å². The van der Waals surface area contributed by atoms with Crippen LogP contribution in [0.3, 0.4) is 0 Å². The minimum Gasteiger partial charge on any atom is -0.399 e. The van der Waals surface area contributed by atoms with Crippen LogP contribution in [0.15, 0.2) is 40.8 Å². The van der Waals surface area contributed by atoms with Crippen LogP contribution < -0.4 is 10.5 Å². The van der Waals surface area contributed by atoms with Gasteiger partial charge in [0.1, 0.15) is 0 Å². The second-order valence-electron chi connectivity index (χ2n) is 4.37. The van der Waals surface area contributed by atoms with E-state index in [0.717, 1.165) is 10.5 Å². The summed E-state index contributed by atoms with van der Waals surface area (Å²) in [5.41, 5.74) is 7.44. The zero-order valence-electron chi connectivity index (χ0n) is 11.2. The van der Waals surface area contributed by atoms with E-state index in [1.165, 1.54) is 11.8 Å². The highest BCUT2D eigenvalue weighted by molar-refractivity contribution is 8.00. The van der Waals surface area contributed by atoms with Gasteiger partial charge in [0, 0.05) is 22.9 Å². The van der Waals surface area contributed by atoms with Crippen LogP contribution in [0.4, 0.5) is 5.69 Å². The highest BCUT2D eigenvalue weighted by atomic mass is 32.2. The number of nitrogen functional groups attached to an aromatic ring is 1. The summed E-state index contributed by atoms with van der Waals surface area (Å²) < 4.78 is 25.9. The van der Waals surface area contributed by atoms with Gasteiger partial charge in [0.05, 0.1) is 5.75 Å². The Bertz CT molecular complexity index is 535. The predicted molar refractivity (Wildman–Crippen MR) is 82.8 cm³/mol. The molecule has 0 aliphatic heterocycles. The molecule has 0 radical (unpaired) electrons. The number of rotatable bonds is 7. The third-order valence-corrected chi connectivity index (χ3v) is 4.89. The van der Waals surface area contributed by atoms with Gasteiger partial charge in [0.15, 0.2) is 0 Å². The van der Waals surface area contributed by atoms with Gasteiger partial charge < -0.3 is 5.73 Å². The van der Waals surface area contributed by atoms with Crippen molar-refractivity contribution in [1.29, 1.82) is 0 Å². The summed E-state index contributed by atoms with van der Waals surface area (Å²) in [7, 11) is -3.20. The van der Waals surface area contributed by atoms with Crippen molar-refractivity contribution < 1.29 is 8.42 Å². The summed E-state index contributed by atoms with van der Waals surface area (Å²) in [6.07, 6.45) is 1.85. The highest BCUT2D eigenvalue weighted by Gasteiger charge is 2.08. The van der Waals surface area contributed by atoms with E-state index in [2.05, 4.69) is 4.72 Å². The van der Waals surface area contributed by atoms with Gasteiger partial charge in [-0.25, -0.2) is 13.1 Å². The molecule has 0 heterocycles. The number of thioether (sulfide) groups is 1. The van der Waals surface area contributed by atoms with Gasteiger partial charge in [0.25, 0.3) is 0 Å². The molecule has 0 bridgehead atoms. The fraction of sp³-hybridized carbons (Fsp3) is 0.385. The Balaban J connectivity index is 2.37. The molecule has 0 aromatic heterocycles. The monoisotopic (exact) mass is 300 g/mol. The van der Waals surface area contributed by atoms with Gasteiger partial charge in [-0.2, -0.15) is 0 Å². The number of benzene rings is 1. The van der Waals surface area contributed by atoms with Crippen molar-refractivity contribution >= 4 is 27.5 Å². The molecule has 0 aliphatic carbocycles. The van der Waals surface area contributed by atoms with Crippen LogP contribution in [0.25, 0.3) is 0 Å². The SMILES string of the molecule is CC(C)=CCNS(=O)(=O)CCSc1cccc(N)c1. The molecule has 0 aliphatic rings. The lowest BCUT2D eigenvalue weighted by Gasteiger charge is -2.05. The van der Waals surface area contributed by atoms with Crippen molar-refractivity contribution in [1.82, 2.24) is 4.72 Å². The molecule has 0 unspecified atom stereocenters. The van der Waals surface area contributed by atoms with E-state index >= 15 is 0 Å². The van der Waals surface area contributed by atoms with Gasteiger partial charge in [-0.15, -0.1) is 11.8 Å². The van der Waals surface area contributed by atoms with Crippen molar-refractivity contribution in [3.8, 4) is 0 Å². The first-order chi connectivity index (χ1) is 8.89. The first-order valence-corrected chi connectivity index (χ1v) is 8.62. The van der Waals surface area contributed by atoms with Crippen molar-refractivity contribution in [2.45, 2.75) is 18.7 Å². The average molecular weight is 300 g/mol. The van der Waals surface area contributed by atoms with Crippen LogP contribution in [-0.4, -0.2) is 26.5 Å². The first-order valence-electron chi connectivity index (χ1n) is 5.98. The summed E-state index contributed by atoms with van der Waals surface area (Å²) in [6.45, 7) is 4.22. The zero-order chi connectivity index (χ0) is 14.3. The molecular weight excluding hydrogens is 280 g/mol. The molecule has 1 aromatic carbocycles. The normalized spacial score (nSPS) is 11.3. The lowest BCUT2D eigenvalue weighted by Crippen LogP contribution is -2.27. The number of nitrogens with one attached hydrogen (secondary N) is 1. The van der Waals surface area contributed by atoms with Crippen molar-refractivity contribution in [2.75, 3.05) is 23.8 Å². The third-order valence-electron chi connectivity index (χ3n) is 2.29. The van der Waals surface area contributed by atoms with E-state index in [0.29, 0.717) is 18.0 Å². The first kappa shape index (κ1) is 16.1. The second kappa shape index (κ2) is 7.57. The fourth-order valence-corrected chi connectivity index (χ4v) is 3.64. The van der Waals surface area contributed by atoms with Crippen LogP contribution in [0, 0.1) is 0 Å². The summed E-state index contributed by atoms with van der Waals surface area (Å²) in [5.74, 6) is 0.608. The summed E-state index contributed by atoms with van der Waals surface area (Å²) in [6, 6.07) is 7.43. The Kier molecular flexibility index (Phi) is 6.41. The molecule has 106 valence electrons. The Morgan fingerprint density at radius 3 is 2.79 bits per heavy atom. The molecule has 3 N–H and O–H groups in total. The molecule has 19 heavy (non-hydrogen) atoms. The Labute approximate surface area is 119 Å². The van der Waals surface area contributed by atoms with Gasteiger partial charge in [-0.05, 0) is 32.0 Å². The predicted octanol–water partition coefficient (Wildman–Crippen LogP) is 2.25. The number of sulfonamides is 1. The maximum absolute atomic E-state index is 11.7. The molecule has 0 spiro atoms. The van der Waals surface area contributed by atoms with Crippen LogP contribution in [0.2, 0.25) is 0 Å². The average Bonchev–Trinajstić information content (AvgIpc) is 2.27. The van der Waals surface area contributed by atoms with Gasteiger partial charge in [-0.3, -0.25) is 0 Å². The molecule has 0 fully saturated rings. The third kappa shape index (κ3) is 7.25. The maximum atomic E-state index is 11.7. The number of allylic oxidation sites excluding steroid dienone is 1. The Hall–Kier alpha value is -0.980. The largest absolute Gasteiger partial charge is 0.399 e. The Morgan fingerprint density at radius 2 is 2.16 bits per heavy atom. The quantitative estimate of drug-likeness (QED) is 0.460. The maximum Gasteiger partial charge on any atom is 0.212 e. The topological polar surface area (TPSA) is 72.2 Å². The van der Waals surface area contributed by atoms with E-state index in [9.17, 15) is 8.42 Å². The van der Waals surface area contributed by atoms with Crippen molar-refractivity contribution in [3.63, 3.8) is 0 Å². The van der Waals surface area contributed by atoms with E-state index in [-0.39, 0.29) is 5.75 Å². The van der Waals surface area contributed by atoms with E-state index < -0.39 is 10.0 Å². The molecular formula is C13H20N2O2S2. The second-order valence-corrected chi connectivity index (χ2v) is 7.46. The van der Waals surface area contributed by atoms with Crippen LogP contribution in [0.5, 0.6) is 0 Å². The summed E-state index contributed by atoms with van der Waals surface area (Å²) in [4.78, 5) is 0.986. The Morgan fingerprint density at radius 1 is 1.42 bits per heavy atom. The smallest absolute Gasteiger partial charge is 0.212 e. The minimum absolute atomic E-state index is 0.100. The standard InChI is InChI=1S/C13H20N2O2S2/c1-11(2)6-7-15-19(16,17)9-8-18-13-5-3-4-12(14)10-13/h3-6,10,15H,7-9,14H2,1-2H3. The molecule has 4 nitrogen and oxygen atoms in total. The molecule has 0 atom stereocenters. The molecule has 1 rings (SSSR count). The highest BCUT2D eigenvalue weighted by Crippen LogP contribution is 2.20. The lowest BCUT2D eigenvalue weighted by atomic mass is 10.3. The summed E-state index contributed by atoms with van der Waals surface area (Å²) in [5, 5.41) is 0. The van der Waals surface area contributed by atoms with Crippen LogP contribution >= 0.6 is 11.8 Å². The number of hydrogen-bond acceptors (Lipinski definition) is 4. The fourth-order valence-electron chi connectivity index (χ4n) is 1.32. The van der Waals surface area contributed by atoms with E-state index in [1.807, 2.05) is 44.2 Å². The molecule has 0 saturated carbocycles. The zero-order valence-corrected chi connectivity index (χ0v) is 12.9. The molecule has 0 amide bonds. The minimum atomic E-state index is -3.20. The molecule has 6 heteroatoms. The number of hydrogen-bond donors (Lipinski definition) is 2.